The lowest BCUT2D eigenvalue weighted by atomic mass is 10.1. The monoisotopic (exact) mass is 349 g/mol. The Hall–Kier alpha value is -3.04. The van der Waals surface area contributed by atoms with Crippen LogP contribution in [-0.4, -0.2) is 16.2 Å². The van der Waals surface area contributed by atoms with Crippen LogP contribution in [0.15, 0.2) is 64.5 Å². The standard InChI is InChI=1S/C19H15N3O2S/c1-25-19-21-17(16(11-20)18(23)22-19)14-7-9-15(10-8-14)24-12-13-5-3-2-4-6-13/h2-10H,12H2,1H3,(H,21,22,23). The summed E-state index contributed by atoms with van der Waals surface area (Å²) >= 11 is 1.32. The maximum atomic E-state index is 12.0. The first kappa shape index (κ1) is 16.8. The summed E-state index contributed by atoms with van der Waals surface area (Å²) in [7, 11) is 0. The van der Waals surface area contributed by atoms with Gasteiger partial charge in [0.2, 0.25) is 0 Å². The van der Waals surface area contributed by atoms with Gasteiger partial charge in [-0.05, 0) is 36.1 Å². The van der Waals surface area contributed by atoms with E-state index in [-0.39, 0.29) is 5.56 Å². The molecule has 3 rings (SSSR count). The zero-order chi connectivity index (χ0) is 17.6. The molecule has 1 heterocycles. The average molecular weight is 349 g/mol. The number of nitriles is 1. The van der Waals surface area contributed by atoms with Crippen LogP contribution >= 0.6 is 11.8 Å². The fraction of sp³-hybridized carbons (Fsp3) is 0.105. The maximum Gasteiger partial charge on any atom is 0.270 e. The Labute approximate surface area is 149 Å². The summed E-state index contributed by atoms with van der Waals surface area (Å²) in [6, 6.07) is 19.0. The number of aromatic nitrogens is 2. The van der Waals surface area contributed by atoms with E-state index in [9.17, 15) is 10.1 Å². The summed E-state index contributed by atoms with van der Waals surface area (Å²) in [6.07, 6.45) is 1.81. The van der Waals surface area contributed by atoms with Gasteiger partial charge in [0.1, 0.15) is 24.0 Å². The van der Waals surface area contributed by atoms with E-state index in [1.807, 2.05) is 42.7 Å². The molecule has 3 aromatic rings. The molecule has 0 aliphatic heterocycles. The molecule has 0 saturated carbocycles. The van der Waals surface area contributed by atoms with Crippen LogP contribution in [0.25, 0.3) is 11.3 Å². The van der Waals surface area contributed by atoms with Crippen molar-refractivity contribution in [2.45, 2.75) is 11.8 Å². The lowest BCUT2D eigenvalue weighted by Gasteiger charge is -2.08. The number of hydrogen-bond acceptors (Lipinski definition) is 5. The lowest BCUT2D eigenvalue weighted by molar-refractivity contribution is 0.306. The number of thioether (sulfide) groups is 1. The van der Waals surface area contributed by atoms with Crippen LogP contribution < -0.4 is 10.3 Å². The minimum atomic E-state index is -0.429. The number of hydrogen-bond donors (Lipinski definition) is 1. The van der Waals surface area contributed by atoms with Gasteiger partial charge in [-0.3, -0.25) is 4.79 Å². The van der Waals surface area contributed by atoms with Crippen molar-refractivity contribution in [1.29, 1.82) is 5.26 Å². The van der Waals surface area contributed by atoms with Gasteiger partial charge in [-0.25, -0.2) is 4.98 Å². The second-order valence-corrected chi connectivity index (χ2v) is 6.00. The van der Waals surface area contributed by atoms with Crippen LogP contribution in [0.1, 0.15) is 11.1 Å². The van der Waals surface area contributed by atoms with E-state index in [1.54, 1.807) is 24.3 Å². The molecular weight excluding hydrogens is 334 g/mol. The highest BCUT2D eigenvalue weighted by Crippen LogP contribution is 2.24. The highest BCUT2D eigenvalue weighted by molar-refractivity contribution is 7.98. The summed E-state index contributed by atoms with van der Waals surface area (Å²) in [5.41, 5.74) is 1.74. The normalized spacial score (nSPS) is 10.2. The summed E-state index contributed by atoms with van der Waals surface area (Å²) in [5.74, 6) is 0.709. The van der Waals surface area contributed by atoms with Crippen molar-refractivity contribution in [3.63, 3.8) is 0 Å². The number of rotatable bonds is 5. The topological polar surface area (TPSA) is 78.8 Å². The van der Waals surface area contributed by atoms with Gasteiger partial charge in [-0.15, -0.1) is 0 Å². The lowest BCUT2D eigenvalue weighted by Crippen LogP contribution is -2.14. The Bertz CT molecular complexity index is 961. The maximum absolute atomic E-state index is 12.0. The molecule has 1 aromatic heterocycles. The van der Waals surface area contributed by atoms with Crippen molar-refractivity contribution >= 4 is 11.8 Å². The third-order valence-electron chi connectivity index (χ3n) is 3.58. The summed E-state index contributed by atoms with van der Waals surface area (Å²) < 4.78 is 5.75. The summed E-state index contributed by atoms with van der Waals surface area (Å²) in [6.45, 7) is 0.476. The van der Waals surface area contributed by atoms with Crippen LogP contribution in [-0.2, 0) is 6.61 Å². The minimum absolute atomic E-state index is 0.00996. The van der Waals surface area contributed by atoms with E-state index in [1.165, 1.54) is 11.8 Å². The molecule has 0 amide bonds. The van der Waals surface area contributed by atoms with Gasteiger partial charge in [0.15, 0.2) is 5.16 Å². The first-order chi connectivity index (χ1) is 12.2. The van der Waals surface area contributed by atoms with Crippen molar-refractivity contribution < 1.29 is 4.74 Å². The number of nitrogens with zero attached hydrogens (tertiary/aromatic N) is 2. The minimum Gasteiger partial charge on any atom is -0.489 e. The number of nitrogens with one attached hydrogen (secondary N) is 1. The van der Waals surface area contributed by atoms with Crippen molar-refractivity contribution in [1.82, 2.24) is 9.97 Å². The SMILES string of the molecule is CSc1nc(-c2ccc(OCc3ccccc3)cc2)c(C#N)c(=O)[nH]1. The van der Waals surface area contributed by atoms with E-state index >= 15 is 0 Å². The number of benzene rings is 2. The molecule has 6 heteroatoms. The molecule has 2 aromatic carbocycles. The van der Waals surface area contributed by atoms with E-state index in [0.29, 0.717) is 28.8 Å². The van der Waals surface area contributed by atoms with E-state index < -0.39 is 5.56 Å². The Balaban J connectivity index is 1.84. The molecule has 124 valence electrons. The average Bonchev–Trinajstić information content (AvgIpc) is 2.67. The highest BCUT2D eigenvalue weighted by atomic mass is 32.2. The molecule has 5 nitrogen and oxygen atoms in total. The van der Waals surface area contributed by atoms with Gasteiger partial charge < -0.3 is 9.72 Å². The molecule has 0 spiro atoms. The highest BCUT2D eigenvalue weighted by Gasteiger charge is 2.13. The molecular formula is C19H15N3O2S. The van der Waals surface area contributed by atoms with Gasteiger partial charge in [-0.1, -0.05) is 42.1 Å². The van der Waals surface area contributed by atoms with Gasteiger partial charge in [0, 0.05) is 5.56 Å². The van der Waals surface area contributed by atoms with Crippen LogP contribution in [0.2, 0.25) is 0 Å². The predicted octanol–water partition coefficient (Wildman–Crippen LogP) is 3.61. The molecule has 0 saturated heterocycles. The second-order valence-electron chi connectivity index (χ2n) is 5.21. The van der Waals surface area contributed by atoms with Crippen molar-refractivity contribution in [3.8, 4) is 23.1 Å². The fourth-order valence-corrected chi connectivity index (χ4v) is 2.69. The third kappa shape index (κ3) is 3.90. The number of ether oxygens (including phenoxy) is 1. The molecule has 0 aliphatic rings. The van der Waals surface area contributed by atoms with Gasteiger partial charge in [0.25, 0.3) is 5.56 Å². The Morgan fingerprint density at radius 3 is 2.52 bits per heavy atom. The fourth-order valence-electron chi connectivity index (χ4n) is 2.31. The van der Waals surface area contributed by atoms with Crippen LogP contribution in [0.5, 0.6) is 5.75 Å². The van der Waals surface area contributed by atoms with E-state index in [0.717, 1.165) is 5.56 Å². The van der Waals surface area contributed by atoms with Crippen molar-refractivity contribution in [3.05, 3.63) is 76.1 Å². The largest absolute Gasteiger partial charge is 0.489 e. The Kier molecular flexibility index (Phi) is 5.17. The van der Waals surface area contributed by atoms with Crippen LogP contribution in [0.3, 0.4) is 0 Å². The molecule has 0 unspecified atom stereocenters. The second kappa shape index (κ2) is 7.69. The van der Waals surface area contributed by atoms with Gasteiger partial charge in [0.05, 0.1) is 5.69 Å². The van der Waals surface area contributed by atoms with E-state index in [4.69, 9.17) is 4.74 Å². The van der Waals surface area contributed by atoms with E-state index in [2.05, 4.69) is 9.97 Å². The quantitative estimate of drug-likeness (QED) is 0.562. The zero-order valence-corrected chi connectivity index (χ0v) is 14.3. The Morgan fingerprint density at radius 2 is 1.88 bits per heavy atom. The molecule has 0 aliphatic carbocycles. The van der Waals surface area contributed by atoms with Crippen molar-refractivity contribution in [2.24, 2.45) is 0 Å². The first-order valence-corrected chi connectivity index (χ1v) is 8.79. The molecule has 0 atom stereocenters. The molecule has 25 heavy (non-hydrogen) atoms. The summed E-state index contributed by atoms with van der Waals surface area (Å²) in [5, 5.41) is 9.72. The number of aromatic amines is 1. The predicted molar refractivity (Wildman–Crippen MR) is 97.6 cm³/mol. The van der Waals surface area contributed by atoms with Gasteiger partial charge in [-0.2, -0.15) is 5.26 Å². The van der Waals surface area contributed by atoms with Crippen LogP contribution in [0, 0.1) is 11.3 Å². The molecule has 0 bridgehead atoms. The Morgan fingerprint density at radius 1 is 1.16 bits per heavy atom. The smallest absolute Gasteiger partial charge is 0.270 e. The molecule has 0 fully saturated rings. The first-order valence-electron chi connectivity index (χ1n) is 7.57. The van der Waals surface area contributed by atoms with Gasteiger partial charge >= 0.3 is 0 Å². The molecule has 1 N–H and O–H groups in total. The number of H-pyrrole nitrogens is 1. The van der Waals surface area contributed by atoms with Crippen molar-refractivity contribution in [2.75, 3.05) is 6.26 Å². The zero-order valence-electron chi connectivity index (χ0n) is 13.5. The van der Waals surface area contributed by atoms with Crippen LogP contribution in [0.4, 0.5) is 0 Å². The molecule has 0 radical (unpaired) electrons. The summed E-state index contributed by atoms with van der Waals surface area (Å²) in [4.78, 5) is 18.9. The third-order valence-corrected chi connectivity index (χ3v) is 4.16.